The number of amides is 1. The average molecular weight is 300 g/mol. The fourth-order valence-electron chi connectivity index (χ4n) is 2.09. The molecule has 1 amide bonds. The van der Waals surface area contributed by atoms with E-state index in [1.807, 2.05) is 0 Å². The molecule has 1 aliphatic heterocycles. The summed E-state index contributed by atoms with van der Waals surface area (Å²) in [6.07, 6.45) is -1.44. The summed E-state index contributed by atoms with van der Waals surface area (Å²) < 4.78 is 42.7. The van der Waals surface area contributed by atoms with Gasteiger partial charge < -0.3 is 9.64 Å². The zero-order valence-electron chi connectivity index (χ0n) is 11.3. The second-order valence-electron chi connectivity index (χ2n) is 4.76. The number of rotatable bonds is 4. The maximum atomic E-state index is 12.4. The number of hydrogen-bond acceptors (Lipinski definition) is 3. The van der Waals surface area contributed by atoms with Crippen LogP contribution in [-0.2, 0) is 22.3 Å². The molecule has 21 heavy (non-hydrogen) atoms. The third kappa shape index (κ3) is 4.04. The van der Waals surface area contributed by atoms with Crippen LogP contribution in [-0.4, -0.2) is 35.0 Å². The zero-order valence-corrected chi connectivity index (χ0v) is 11.3. The van der Waals surface area contributed by atoms with E-state index in [9.17, 15) is 18.0 Å². The molecule has 1 aliphatic rings. The summed E-state index contributed by atoms with van der Waals surface area (Å²) in [7, 11) is 0. The number of carbonyl (C=O) groups excluding carboxylic acids is 1. The van der Waals surface area contributed by atoms with Gasteiger partial charge in [-0.25, -0.2) is 0 Å². The van der Waals surface area contributed by atoms with E-state index in [1.165, 1.54) is 12.1 Å². The van der Waals surface area contributed by atoms with E-state index >= 15 is 0 Å². The van der Waals surface area contributed by atoms with Crippen molar-refractivity contribution in [3.8, 4) is 0 Å². The van der Waals surface area contributed by atoms with Crippen molar-refractivity contribution >= 4 is 5.91 Å². The van der Waals surface area contributed by atoms with Crippen LogP contribution < -0.4 is 0 Å². The van der Waals surface area contributed by atoms with E-state index in [2.05, 4.69) is 11.6 Å². The molecule has 0 spiro atoms. The van der Waals surface area contributed by atoms with E-state index in [1.54, 1.807) is 4.90 Å². The second kappa shape index (κ2) is 6.26. The van der Waals surface area contributed by atoms with Crippen molar-refractivity contribution in [2.45, 2.75) is 25.3 Å². The smallest absolute Gasteiger partial charge is 0.372 e. The number of ether oxygens (including phenoxy) is 1. The van der Waals surface area contributed by atoms with Crippen molar-refractivity contribution in [3.05, 3.63) is 42.2 Å². The van der Waals surface area contributed by atoms with Gasteiger partial charge in [-0.15, -0.1) is 0 Å². The molecular formula is C14H15F3N2O2. The molecule has 1 fully saturated rings. The number of aromatic nitrogens is 1. The Morgan fingerprint density at radius 2 is 2.29 bits per heavy atom. The van der Waals surface area contributed by atoms with Crippen LogP contribution in [0.4, 0.5) is 13.2 Å². The molecule has 1 saturated heterocycles. The molecule has 0 radical (unpaired) electrons. The summed E-state index contributed by atoms with van der Waals surface area (Å²) in [5.41, 5.74) is -0.355. The van der Waals surface area contributed by atoms with Crippen molar-refractivity contribution in [2.24, 2.45) is 0 Å². The lowest BCUT2D eigenvalue weighted by Gasteiger charge is -2.14. The fourth-order valence-corrected chi connectivity index (χ4v) is 2.09. The van der Waals surface area contributed by atoms with Gasteiger partial charge in [-0.2, -0.15) is 13.2 Å². The highest BCUT2D eigenvalue weighted by atomic mass is 19.4. The van der Waals surface area contributed by atoms with Crippen LogP contribution in [0.1, 0.15) is 17.7 Å². The Hall–Kier alpha value is -1.89. The molecule has 0 N–H and O–H groups in total. The molecule has 1 aromatic rings. The van der Waals surface area contributed by atoms with Crippen molar-refractivity contribution in [1.29, 1.82) is 0 Å². The molecule has 114 valence electrons. The molecule has 7 heteroatoms. The van der Waals surface area contributed by atoms with Gasteiger partial charge in [0.2, 0.25) is 5.91 Å². The molecule has 2 heterocycles. The summed E-state index contributed by atoms with van der Waals surface area (Å²) in [5.74, 6) is -0.141. The highest BCUT2D eigenvalue weighted by molar-refractivity contribution is 5.87. The first kappa shape index (κ1) is 15.5. The van der Waals surface area contributed by atoms with E-state index in [4.69, 9.17) is 4.74 Å². The normalized spacial score (nSPS) is 18.8. The van der Waals surface area contributed by atoms with Crippen molar-refractivity contribution in [1.82, 2.24) is 9.88 Å². The highest BCUT2D eigenvalue weighted by Gasteiger charge is 2.32. The minimum atomic E-state index is -4.43. The number of halogens is 3. The van der Waals surface area contributed by atoms with Gasteiger partial charge in [-0.3, -0.25) is 9.78 Å². The van der Waals surface area contributed by atoms with E-state index in [0.717, 1.165) is 12.3 Å². The monoisotopic (exact) mass is 300 g/mol. The van der Waals surface area contributed by atoms with Gasteiger partial charge in [0.15, 0.2) is 0 Å². The third-order valence-electron chi connectivity index (χ3n) is 3.23. The molecule has 0 aromatic carbocycles. The largest absolute Gasteiger partial charge is 0.433 e. The van der Waals surface area contributed by atoms with Crippen LogP contribution >= 0.6 is 0 Å². The predicted octanol–water partition coefficient (Wildman–Crippen LogP) is 2.40. The zero-order chi connectivity index (χ0) is 15.5. The van der Waals surface area contributed by atoms with Crippen LogP contribution in [0.15, 0.2) is 31.0 Å². The van der Waals surface area contributed by atoms with E-state index < -0.39 is 11.9 Å². The van der Waals surface area contributed by atoms with E-state index in [0.29, 0.717) is 25.1 Å². The van der Waals surface area contributed by atoms with Crippen molar-refractivity contribution in [3.63, 3.8) is 0 Å². The Labute approximate surface area is 120 Å². The Morgan fingerprint density at radius 1 is 1.52 bits per heavy atom. The number of carbonyl (C=O) groups is 1. The van der Waals surface area contributed by atoms with Gasteiger partial charge in [0.05, 0.1) is 12.7 Å². The van der Waals surface area contributed by atoms with Crippen LogP contribution in [0.3, 0.4) is 0 Å². The van der Waals surface area contributed by atoms with Crippen LogP contribution in [0.25, 0.3) is 0 Å². The van der Waals surface area contributed by atoms with Crippen LogP contribution in [0.5, 0.6) is 0 Å². The number of likely N-dealkylation sites (tertiary alicyclic amines) is 1. The Kier molecular flexibility index (Phi) is 4.62. The lowest BCUT2D eigenvalue weighted by atomic mass is 10.2. The number of nitrogens with zero attached hydrogens (tertiary/aromatic N) is 2. The number of pyridine rings is 1. The molecule has 4 nitrogen and oxygen atoms in total. The minimum absolute atomic E-state index is 0.115. The van der Waals surface area contributed by atoms with Crippen LogP contribution in [0.2, 0.25) is 0 Å². The maximum absolute atomic E-state index is 12.4. The first-order valence-electron chi connectivity index (χ1n) is 6.45. The lowest BCUT2D eigenvalue weighted by Crippen LogP contribution is -2.28. The number of alkyl halides is 3. The highest BCUT2D eigenvalue weighted by Crippen LogP contribution is 2.27. The third-order valence-corrected chi connectivity index (χ3v) is 3.23. The summed E-state index contributed by atoms with van der Waals surface area (Å²) in [6.45, 7) is 4.66. The molecular weight excluding hydrogens is 285 g/mol. The molecule has 0 aliphatic carbocycles. The van der Waals surface area contributed by atoms with Gasteiger partial charge in [-0.05, 0) is 24.1 Å². The SMILES string of the molecule is C=CC(=O)N1CCC(OCc2ccc(C(F)(F)F)nc2)C1. The maximum Gasteiger partial charge on any atom is 0.433 e. The molecule has 2 rings (SSSR count). The van der Waals surface area contributed by atoms with Gasteiger partial charge >= 0.3 is 6.18 Å². The quantitative estimate of drug-likeness (QED) is 0.802. The Balaban J connectivity index is 1.84. The molecule has 1 aromatic heterocycles. The lowest BCUT2D eigenvalue weighted by molar-refractivity contribution is -0.141. The summed E-state index contributed by atoms with van der Waals surface area (Å²) in [4.78, 5) is 16.4. The topological polar surface area (TPSA) is 42.4 Å². The molecule has 0 bridgehead atoms. The predicted molar refractivity (Wildman–Crippen MR) is 69.2 cm³/mol. The molecule has 1 atom stereocenters. The Morgan fingerprint density at radius 3 is 2.86 bits per heavy atom. The van der Waals surface area contributed by atoms with Gasteiger partial charge in [0.1, 0.15) is 5.69 Å². The van der Waals surface area contributed by atoms with Crippen molar-refractivity contribution < 1.29 is 22.7 Å². The summed E-state index contributed by atoms with van der Waals surface area (Å²) >= 11 is 0. The second-order valence-corrected chi connectivity index (χ2v) is 4.76. The molecule has 1 unspecified atom stereocenters. The first-order valence-corrected chi connectivity index (χ1v) is 6.45. The van der Waals surface area contributed by atoms with Crippen molar-refractivity contribution in [2.75, 3.05) is 13.1 Å². The van der Waals surface area contributed by atoms with Gasteiger partial charge in [-0.1, -0.05) is 12.6 Å². The van der Waals surface area contributed by atoms with E-state index in [-0.39, 0.29) is 18.6 Å². The van der Waals surface area contributed by atoms with Gasteiger partial charge in [0, 0.05) is 19.3 Å². The fraction of sp³-hybridized carbons (Fsp3) is 0.429. The standard InChI is InChI=1S/C14H15F3N2O2/c1-2-13(20)19-6-5-11(8-19)21-9-10-3-4-12(18-7-10)14(15,16)17/h2-4,7,11H,1,5-6,8-9H2. The average Bonchev–Trinajstić information content (AvgIpc) is 2.92. The van der Waals surface area contributed by atoms with Gasteiger partial charge in [0.25, 0.3) is 0 Å². The molecule has 0 saturated carbocycles. The Bertz CT molecular complexity index is 514. The first-order chi connectivity index (χ1) is 9.90. The minimum Gasteiger partial charge on any atom is -0.372 e. The summed E-state index contributed by atoms with van der Waals surface area (Å²) in [6, 6.07) is 2.28. The van der Waals surface area contributed by atoms with Crippen LogP contribution in [0, 0.1) is 0 Å². The summed E-state index contributed by atoms with van der Waals surface area (Å²) in [5, 5.41) is 0. The number of hydrogen-bond donors (Lipinski definition) is 0.